The largest absolute Gasteiger partial charge is 0.390 e. The number of primary amides is 1. The number of hydrogen-bond acceptors (Lipinski definition) is 4. The lowest BCUT2D eigenvalue weighted by atomic mass is 10.00. The average molecular weight is 243 g/mol. The van der Waals surface area contributed by atoms with E-state index >= 15 is 0 Å². The molecule has 5 nitrogen and oxygen atoms in total. The van der Waals surface area contributed by atoms with Crippen LogP contribution in [0, 0.1) is 0 Å². The maximum Gasteiger partial charge on any atom is 0.219 e. The number of carbonyl (C=O) groups excluding carboxylic acids is 1. The first kappa shape index (κ1) is 14.4. The van der Waals surface area contributed by atoms with Crippen molar-refractivity contribution >= 4 is 5.91 Å². The SMILES string of the molecule is CC(C)(CC(N)=O)NCC(O)CN1CCCC1. The molecule has 0 aromatic carbocycles. The van der Waals surface area contributed by atoms with E-state index in [1.54, 1.807) is 0 Å². The number of aliphatic hydroxyl groups is 1. The molecule has 0 aliphatic carbocycles. The van der Waals surface area contributed by atoms with Crippen LogP contribution in [0.5, 0.6) is 0 Å². The third-order valence-electron chi connectivity index (χ3n) is 3.10. The maximum absolute atomic E-state index is 10.8. The average Bonchev–Trinajstić information content (AvgIpc) is 2.65. The first-order valence-electron chi connectivity index (χ1n) is 6.33. The molecular weight excluding hydrogens is 218 g/mol. The van der Waals surface area contributed by atoms with Crippen LogP contribution in [-0.2, 0) is 4.79 Å². The summed E-state index contributed by atoms with van der Waals surface area (Å²) in [5.74, 6) is -0.323. The van der Waals surface area contributed by atoms with Gasteiger partial charge in [0.1, 0.15) is 0 Å². The van der Waals surface area contributed by atoms with Crippen LogP contribution < -0.4 is 11.1 Å². The molecule has 0 radical (unpaired) electrons. The number of carbonyl (C=O) groups is 1. The normalized spacial score (nSPS) is 19.5. The quantitative estimate of drug-likeness (QED) is 0.573. The Morgan fingerprint density at radius 1 is 1.47 bits per heavy atom. The highest BCUT2D eigenvalue weighted by molar-refractivity contribution is 5.74. The number of nitrogens with two attached hydrogens (primary N) is 1. The van der Waals surface area contributed by atoms with E-state index in [4.69, 9.17) is 5.73 Å². The van der Waals surface area contributed by atoms with Crippen molar-refractivity contribution in [1.29, 1.82) is 0 Å². The molecule has 1 rings (SSSR count). The number of rotatable bonds is 7. The maximum atomic E-state index is 10.8. The summed E-state index contributed by atoms with van der Waals surface area (Å²) in [7, 11) is 0. The molecule has 0 spiro atoms. The van der Waals surface area contributed by atoms with E-state index in [2.05, 4.69) is 10.2 Å². The second-order valence-electron chi connectivity index (χ2n) is 5.57. The van der Waals surface area contributed by atoms with Crippen LogP contribution >= 0.6 is 0 Å². The summed E-state index contributed by atoms with van der Waals surface area (Å²) >= 11 is 0. The van der Waals surface area contributed by atoms with Crippen LogP contribution in [0.2, 0.25) is 0 Å². The van der Waals surface area contributed by atoms with Gasteiger partial charge in [-0.3, -0.25) is 4.79 Å². The zero-order chi connectivity index (χ0) is 12.9. The van der Waals surface area contributed by atoms with Gasteiger partial charge in [0.25, 0.3) is 0 Å². The smallest absolute Gasteiger partial charge is 0.219 e. The Kier molecular flexibility index (Phi) is 5.36. The van der Waals surface area contributed by atoms with E-state index in [1.807, 2.05) is 13.8 Å². The first-order chi connectivity index (χ1) is 7.89. The van der Waals surface area contributed by atoms with Gasteiger partial charge in [-0.05, 0) is 39.8 Å². The van der Waals surface area contributed by atoms with E-state index in [0.717, 1.165) is 13.1 Å². The van der Waals surface area contributed by atoms with Crippen molar-refractivity contribution in [2.45, 2.75) is 44.8 Å². The summed E-state index contributed by atoms with van der Waals surface area (Å²) in [5, 5.41) is 13.1. The van der Waals surface area contributed by atoms with Gasteiger partial charge >= 0.3 is 0 Å². The Morgan fingerprint density at radius 3 is 2.59 bits per heavy atom. The highest BCUT2D eigenvalue weighted by Crippen LogP contribution is 2.09. The molecule has 1 fully saturated rings. The van der Waals surface area contributed by atoms with Gasteiger partial charge in [-0.25, -0.2) is 0 Å². The van der Waals surface area contributed by atoms with Gasteiger partial charge in [-0.1, -0.05) is 0 Å². The van der Waals surface area contributed by atoms with E-state index in [0.29, 0.717) is 13.1 Å². The molecule has 0 aromatic heterocycles. The highest BCUT2D eigenvalue weighted by Gasteiger charge is 2.22. The van der Waals surface area contributed by atoms with Gasteiger partial charge in [0.2, 0.25) is 5.91 Å². The molecule has 1 aliphatic heterocycles. The van der Waals surface area contributed by atoms with Crippen LogP contribution in [0.3, 0.4) is 0 Å². The molecule has 100 valence electrons. The second-order valence-corrected chi connectivity index (χ2v) is 5.57. The van der Waals surface area contributed by atoms with Gasteiger partial charge < -0.3 is 21.1 Å². The monoisotopic (exact) mass is 243 g/mol. The molecule has 0 saturated carbocycles. The van der Waals surface area contributed by atoms with Gasteiger partial charge in [0.15, 0.2) is 0 Å². The fourth-order valence-electron chi connectivity index (χ4n) is 2.22. The number of likely N-dealkylation sites (tertiary alicyclic amines) is 1. The molecule has 5 heteroatoms. The molecule has 1 saturated heterocycles. The lowest BCUT2D eigenvalue weighted by Crippen LogP contribution is -2.47. The molecule has 4 N–H and O–H groups in total. The Labute approximate surface area is 103 Å². The summed E-state index contributed by atoms with van der Waals surface area (Å²) in [6.07, 6.45) is 2.35. The zero-order valence-electron chi connectivity index (χ0n) is 10.9. The number of nitrogens with one attached hydrogen (secondary N) is 1. The van der Waals surface area contributed by atoms with Crippen molar-refractivity contribution in [3.05, 3.63) is 0 Å². The number of β-amino-alcohol motifs (C(OH)–C–C–N with tert-alkyl or cyclic N) is 1. The van der Waals surface area contributed by atoms with Crippen molar-refractivity contribution in [2.75, 3.05) is 26.2 Å². The summed E-state index contributed by atoms with van der Waals surface area (Å²) in [4.78, 5) is 13.1. The molecule has 0 aromatic rings. The van der Waals surface area contributed by atoms with Gasteiger partial charge in [-0.15, -0.1) is 0 Å². The number of nitrogens with zero attached hydrogens (tertiary/aromatic N) is 1. The number of amides is 1. The van der Waals surface area contributed by atoms with Gasteiger partial charge in [0.05, 0.1) is 6.10 Å². The van der Waals surface area contributed by atoms with Crippen molar-refractivity contribution in [3.63, 3.8) is 0 Å². The van der Waals surface area contributed by atoms with Crippen molar-refractivity contribution in [3.8, 4) is 0 Å². The molecule has 0 bridgehead atoms. The minimum Gasteiger partial charge on any atom is -0.390 e. The van der Waals surface area contributed by atoms with E-state index < -0.39 is 0 Å². The third-order valence-corrected chi connectivity index (χ3v) is 3.10. The highest BCUT2D eigenvalue weighted by atomic mass is 16.3. The Bertz CT molecular complexity index is 250. The molecule has 1 heterocycles. The Morgan fingerprint density at radius 2 is 2.06 bits per heavy atom. The fraction of sp³-hybridized carbons (Fsp3) is 0.917. The molecule has 1 unspecified atom stereocenters. The van der Waals surface area contributed by atoms with Crippen LogP contribution in [0.1, 0.15) is 33.1 Å². The van der Waals surface area contributed by atoms with Gasteiger partial charge in [-0.2, -0.15) is 0 Å². The van der Waals surface area contributed by atoms with Gasteiger partial charge in [0, 0.05) is 25.0 Å². The lowest BCUT2D eigenvalue weighted by molar-refractivity contribution is -0.119. The Hall–Kier alpha value is -0.650. The lowest BCUT2D eigenvalue weighted by Gasteiger charge is -2.27. The van der Waals surface area contributed by atoms with Crippen LogP contribution in [-0.4, -0.2) is 53.7 Å². The molecule has 1 amide bonds. The molecule has 17 heavy (non-hydrogen) atoms. The molecule has 1 aliphatic rings. The van der Waals surface area contributed by atoms with E-state index in [9.17, 15) is 9.90 Å². The van der Waals surface area contributed by atoms with Crippen molar-refractivity contribution < 1.29 is 9.90 Å². The third kappa shape index (κ3) is 6.00. The zero-order valence-corrected chi connectivity index (χ0v) is 10.9. The van der Waals surface area contributed by atoms with Crippen LogP contribution in [0.15, 0.2) is 0 Å². The minimum absolute atomic E-state index is 0.281. The second kappa shape index (κ2) is 6.33. The van der Waals surface area contributed by atoms with Crippen molar-refractivity contribution in [1.82, 2.24) is 10.2 Å². The number of aliphatic hydroxyl groups excluding tert-OH is 1. The Balaban J connectivity index is 2.21. The van der Waals surface area contributed by atoms with E-state index in [-0.39, 0.29) is 24.0 Å². The van der Waals surface area contributed by atoms with Crippen LogP contribution in [0.25, 0.3) is 0 Å². The molecule has 1 atom stereocenters. The molecular formula is C12H25N3O2. The topological polar surface area (TPSA) is 78.6 Å². The minimum atomic E-state index is -0.389. The number of hydrogen-bond donors (Lipinski definition) is 3. The summed E-state index contributed by atoms with van der Waals surface area (Å²) in [6, 6.07) is 0. The fourth-order valence-corrected chi connectivity index (χ4v) is 2.22. The predicted octanol–water partition coefficient (Wildman–Crippen LogP) is -0.313. The van der Waals surface area contributed by atoms with Crippen LogP contribution in [0.4, 0.5) is 0 Å². The van der Waals surface area contributed by atoms with E-state index in [1.165, 1.54) is 12.8 Å². The first-order valence-corrected chi connectivity index (χ1v) is 6.33. The summed E-state index contributed by atoms with van der Waals surface area (Å²) in [6.45, 7) is 7.21. The summed E-state index contributed by atoms with van der Waals surface area (Å²) in [5.41, 5.74) is 4.82. The summed E-state index contributed by atoms with van der Waals surface area (Å²) < 4.78 is 0. The van der Waals surface area contributed by atoms with Crippen molar-refractivity contribution in [2.24, 2.45) is 5.73 Å². The predicted molar refractivity (Wildman–Crippen MR) is 67.6 cm³/mol. The standard InChI is InChI=1S/C12H25N3O2/c1-12(2,7-11(13)17)14-8-10(16)9-15-5-3-4-6-15/h10,14,16H,3-9H2,1-2H3,(H2,13,17).